The molecule has 0 radical (unpaired) electrons. The topological polar surface area (TPSA) is 62.1 Å². The molecule has 5 heteroatoms. The van der Waals surface area contributed by atoms with Gasteiger partial charge in [0.15, 0.2) is 12.4 Å². The Morgan fingerprint density at radius 3 is 2.30 bits per heavy atom. The molecule has 0 bridgehead atoms. The second kappa shape index (κ2) is 9.86. The van der Waals surface area contributed by atoms with Crippen molar-refractivity contribution in [3.05, 3.63) is 59.4 Å². The summed E-state index contributed by atoms with van der Waals surface area (Å²) < 4.78 is 1.82. The predicted molar refractivity (Wildman–Crippen MR) is 108 cm³/mol. The van der Waals surface area contributed by atoms with E-state index in [4.69, 9.17) is 0 Å². The van der Waals surface area contributed by atoms with Gasteiger partial charge in [-0.15, -0.1) is 0 Å². The summed E-state index contributed by atoms with van der Waals surface area (Å²) in [6.45, 7) is 8.49. The van der Waals surface area contributed by atoms with Crippen LogP contribution in [-0.4, -0.2) is 18.4 Å². The fourth-order valence-electron chi connectivity index (χ4n) is 3.09. The highest BCUT2D eigenvalue weighted by Crippen LogP contribution is 2.21. The molecule has 2 amide bonds. The van der Waals surface area contributed by atoms with Crippen molar-refractivity contribution < 1.29 is 14.2 Å². The first-order valence-corrected chi connectivity index (χ1v) is 9.56. The Kier molecular flexibility index (Phi) is 7.53. The maximum Gasteiger partial charge on any atom is 0.286 e. The van der Waals surface area contributed by atoms with Gasteiger partial charge in [-0.25, -0.2) is 0 Å². The zero-order chi connectivity index (χ0) is 19.8. The average molecular weight is 369 g/mol. The SMILES string of the molecule is CCC(CC)c1cc[n+](CC(=O)NCC(=O)Nc2cccc(C)c2C)cc1. The summed E-state index contributed by atoms with van der Waals surface area (Å²) in [6.07, 6.45) is 6.06. The fourth-order valence-corrected chi connectivity index (χ4v) is 3.09. The van der Waals surface area contributed by atoms with E-state index in [-0.39, 0.29) is 24.9 Å². The highest BCUT2D eigenvalue weighted by Gasteiger charge is 2.13. The van der Waals surface area contributed by atoms with E-state index in [1.54, 1.807) is 0 Å². The Morgan fingerprint density at radius 2 is 1.67 bits per heavy atom. The van der Waals surface area contributed by atoms with Gasteiger partial charge in [-0.1, -0.05) is 26.0 Å². The number of hydrogen-bond acceptors (Lipinski definition) is 2. The lowest BCUT2D eigenvalue weighted by atomic mass is 9.95. The highest BCUT2D eigenvalue weighted by atomic mass is 16.2. The van der Waals surface area contributed by atoms with Crippen LogP contribution in [0.5, 0.6) is 0 Å². The van der Waals surface area contributed by atoms with Crippen molar-refractivity contribution in [1.29, 1.82) is 0 Å². The molecule has 5 nitrogen and oxygen atoms in total. The van der Waals surface area contributed by atoms with Crippen molar-refractivity contribution >= 4 is 17.5 Å². The van der Waals surface area contributed by atoms with Crippen LogP contribution in [0.4, 0.5) is 5.69 Å². The molecule has 0 aliphatic heterocycles. The molecular formula is C22H30N3O2+. The monoisotopic (exact) mass is 368 g/mol. The smallest absolute Gasteiger partial charge is 0.286 e. The molecule has 2 aromatic rings. The van der Waals surface area contributed by atoms with E-state index in [1.807, 2.05) is 49.0 Å². The molecule has 1 aromatic carbocycles. The number of rotatable bonds is 8. The van der Waals surface area contributed by atoms with Crippen LogP contribution >= 0.6 is 0 Å². The lowest BCUT2D eigenvalue weighted by Crippen LogP contribution is -2.44. The maximum atomic E-state index is 12.1. The molecule has 2 N–H and O–H groups in total. The van der Waals surface area contributed by atoms with Crippen molar-refractivity contribution in [2.75, 3.05) is 11.9 Å². The van der Waals surface area contributed by atoms with Crippen molar-refractivity contribution in [2.24, 2.45) is 0 Å². The van der Waals surface area contributed by atoms with E-state index in [0.29, 0.717) is 5.92 Å². The van der Waals surface area contributed by atoms with Crippen LogP contribution in [0.25, 0.3) is 0 Å². The molecule has 0 aliphatic rings. The van der Waals surface area contributed by atoms with Gasteiger partial charge in [0.2, 0.25) is 12.5 Å². The Bertz CT molecular complexity index is 781. The molecule has 0 fully saturated rings. The van der Waals surface area contributed by atoms with Crippen molar-refractivity contribution in [1.82, 2.24) is 5.32 Å². The second-order valence-corrected chi connectivity index (χ2v) is 6.89. The van der Waals surface area contributed by atoms with Crippen LogP contribution in [0.2, 0.25) is 0 Å². The first-order chi connectivity index (χ1) is 12.9. The molecule has 27 heavy (non-hydrogen) atoms. The van der Waals surface area contributed by atoms with Crippen LogP contribution < -0.4 is 15.2 Å². The number of amides is 2. The molecule has 2 rings (SSSR count). The minimum Gasteiger partial charge on any atom is -0.342 e. The molecule has 144 valence electrons. The molecule has 0 saturated heterocycles. The quantitative estimate of drug-likeness (QED) is 0.703. The van der Waals surface area contributed by atoms with E-state index in [9.17, 15) is 9.59 Å². The van der Waals surface area contributed by atoms with Gasteiger partial charge in [0, 0.05) is 17.8 Å². The van der Waals surface area contributed by atoms with Gasteiger partial charge in [-0.3, -0.25) is 9.59 Å². The maximum absolute atomic E-state index is 12.1. The van der Waals surface area contributed by atoms with Gasteiger partial charge >= 0.3 is 0 Å². The summed E-state index contributed by atoms with van der Waals surface area (Å²) in [5.41, 5.74) is 4.22. The molecule has 1 heterocycles. The van der Waals surface area contributed by atoms with Crippen LogP contribution in [0.1, 0.15) is 49.3 Å². The number of nitrogens with zero attached hydrogens (tertiary/aromatic N) is 1. The van der Waals surface area contributed by atoms with Crippen LogP contribution in [-0.2, 0) is 16.1 Å². The van der Waals surface area contributed by atoms with Crippen LogP contribution in [0.3, 0.4) is 0 Å². The summed E-state index contributed by atoms with van der Waals surface area (Å²) >= 11 is 0. The second-order valence-electron chi connectivity index (χ2n) is 6.89. The Morgan fingerprint density at radius 1 is 1.00 bits per heavy atom. The first-order valence-electron chi connectivity index (χ1n) is 9.56. The third-order valence-corrected chi connectivity index (χ3v) is 5.02. The number of carbonyl (C=O) groups is 2. The third-order valence-electron chi connectivity index (χ3n) is 5.02. The summed E-state index contributed by atoms with van der Waals surface area (Å²) in [7, 11) is 0. The summed E-state index contributed by atoms with van der Waals surface area (Å²) in [4.78, 5) is 24.2. The van der Waals surface area contributed by atoms with E-state index >= 15 is 0 Å². The van der Waals surface area contributed by atoms with Gasteiger partial charge in [0.05, 0.1) is 6.54 Å². The number of hydrogen-bond donors (Lipinski definition) is 2. The van der Waals surface area contributed by atoms with E-state index in [1.165, 1.54) is 5.56 Å². The van der Waals surface area contributed by atoms with E-state index in [2.05, 4.69) is 36.6 Å². The standard InChI is InChI=1S/C22H29N3O2/c1-5-18(6-2)19-10-12-25(13-11-19)15-22(27)23-14-21(26)24-20-9-7-8-16(3)17(20)4/h7-13,18H,5-6,14-15H2,1-4H3,(H-,23,24,26,27)/p+1. The first kappa shape index (κ1) is 20.6. The van der Waals surface area contributed by atoms with Gasteiger partial charge in [-0.2, -0.15) is 4.57 Å². The van der Waals surface area contributed by atoms with Gasteiger partial charge in [0.1, 0.15) is 0 Å². The lowest BCUT2D eigenvalue weighted by Gasteiger charge is -2.11. The van der Waals surface area contributed by atoms with Gasteiger partial charge in [0.25, 0.3) is 5.91 Å². The number of benzene rings is 1. The number of pyridine rings is 1. The summed E-state index contributed by atoms with van der Waals surface area (Å²) in [5.74, 6) is 0.139. The van der Waals surface area contributed by atoms with Crippen molar-refractivity contribution in [2.45, 2.75) is 53.0 Å². The fraction of sp³-hybridized carbons (Fsp3) is 0.409. The number of carbonyl (C=O) groups excluding carboxylic acids is 2. The molecule has 0 saturated carbocycles. The summed E-state index contributed by atoms with van der Waals surface area (Å²) in [6, 6.07) is 9.90. The number of aromatic nitrogens is 1. The lowest BCUT2D eigenvalue weighted by molar-refractivity contribution is -0.684. The van der Waals surface area contributed by atoms with Gasteiger partial charge in [-0.05, 0) is 55.4 Å². The minimum atomic E-state index is -0.230. The minimum absolute atomic E-state index is 0.0431. The Balaban J connectivity index is 1.83. The number of nitrogens with one attached hydrogen (secondary N) is 2. The van der Waals surface area contributed by atoms with Crippen molar-refractivity contribution in [3.63, 3.8) is 0 Å². The molecule has 0 spiro atoms. The molecule has 0 atom stereocenters. The number of anilines is 1. The molecule has 0 unspecified atom stereocenters. The van der Waals surface area contributed by atoms with Crippen LogP contribution in [0.15, 0.2) is 42.7 Å². The van der Waals surface area contributed by atoms with E-state index < -0.39 is 0 Å². The molecule has 1 aromatic heterocycles. The average Bonchev–Trinajstić information content (AvgIpc) is 2.66. The zero-order valence-electron chi connectivity index (χ0n) is 16.7. The zero-order valence-corrected chi connectivity index (χ0v) is 16.7. The van der Waals surface area contributed by atoms with Crippen molar-refractivity contribution in [3.8, 4) is 0 Å². The molecular weight excluding hydrogens is 338 g/mol. The Labute approximate surface area is 161 Å². The molecule has 0 aliphatic carbocycles. The van der Waals surface area contributed by atoms with Gasteiger partial charge < -0.3 is 10.6 Å². The third kappa shape index (κ3) is 5.91. The summed E-state index contributed by atoms with van der Waals surface area (Å²) in [5, 5.41) is 5.52. The number of aryl methyl sites for hydroxylation is 1. The van der Waals surface area contributed by atoms with E-state index in [0.717, 1.165) is 29.7 Å². The normalized spacial score (nSPS) is 10.7. The predicted octanol–water partition coefficient (Wildman–Crippen LogP) is 3.25. The Hall–Kier alpha value is -2.69. The largest absolute Gasteiger partial charge is 0.342 e. The van der Waals surface area contributed by atoms with Crippen LogP contribution in [0, 0.1) is 13.8 Å². The highest BCUT2D eigenvalue weighted by molar-refractivity contribution is 5.95.